The molecule has 0 bridgehead atoms. The second-order valence-corrected chi connectivity index (χ2v) is 3.90. The second-order valence-electron chi connectivity index (χ2n) is 3.90. The fraction of sp³-hybridized carbons (Fsp3) is 0.583. The average Bonchev–Trinajstić information content (AvgIpc) is 2.25. The molecule has 0 amide bonds. The number of ether oxygens (including phenoxy) is 1. The fourth-order valence-corrected chi connectivity index (χ4v) is 1.27. The molecule has 0 aromatic heterocycles. The molecule has 0 rings (SSSR count). The first kappa shape index (κ1) is 16.3. The summed E-state index contributed by atoms with van der Waals surface area (Å²) in [5.41, 5.74) is 5.70. The summed E-state index contributed by atoms with van der Waals surface area (Å²) in [7, 11) is 0. The number of aliphatic hydroxyl groups excluding tert-OH is 1. The average molecular weight is 257 g/mol. The summed E-state index contributed by atoms with van der Waals surface area (Å²) in [4.78, 5) is 32.9. The van der Waals surface area contributed by atoms with E-state index in [0.717, 1.165) is 6.08 Å². The summed E-state index contributed by atoms with van der Waals surface area (Å²) >= 11 is 0. The minimum Gasteiger partial charge on any atom is -0.460 e. The molecule has 6 heteroatoms. The molecule has 0 aromatic carbocycles. The van der Waals surface area contributed by atoms with Gasteiger partial charge < -0.3 is 15.6 Å². The Morgan fingerprint density at radius 3 is 2.50 bits per heavy atom. The van der Waals surface area contributed by atoms with Crippen molar-refractivity contribution in [2.75, 3.05) is 6.61 Å². The molecule has 1 atom stereocenters. The van der Waals surface area contributed by atoms with Crippen LogP contribution in [-0.4, -0.2) is 35.4 Å². The van der Waals surface area contributed by atoms with E-state index in [4.69, 9.17) is 5.73 Å². The molecule has 0 aliphatic rings. The number of carbonyl (C=O) groups is 3. The smallest absolute Gasteiger partial charge is 0.379 e. The zero-order valence-electron chi connectivity index (χ0n) is 10.6. The third kappa shape index (κ3) is 7.56. The maximum Gasteiger partial charge on any atom is 0.379 e. The number of ketones is 2. The van der Waals surface area contributed by atoms with E-state index in [2.05, 4.69) is 4.74 Å². The van der Waals surface area contributed by atoms with Crippen LogP contribution in [0.15, 0.2) is 11.8 Å². The maximum absolute atomic E-state index is 11.2. The van der Waals surface area contributed by atoms with Crippen molar-refractivity contribution < 1.29 is 24.2 Å². The monoisotopic (exact) mass is 257 g/mol. The molecule has 0 saturated heterocycles. The molecule has 18 heavy (non-hydrogen) atoms. The Bertz CT molecular complexity index is 348. The van der Waals surface area contributed by atoms with Crippen molar-refractivity contribution >= 4 is 17.5 Å². The zero-order valence-corrected chi connectivity index (χ0v) is 10.6. The minimum absolute atomic E-state index is 0.0547. The molecule has 0 saturated carbocycles. The predicted molar refractivity (Wildman–Crippen MR) is 64.4 cm³/mol. The Kier molecular flexibility index (Phi) is 7.62. The van der Waals surface area contributed by atoms with Gasteiger partial charge in [-0.15, -0.1) is 0 Å². The highest BCUT2D eigenvalue weighted by Crippen LogP contribution is 2.06. The Balaban J connectivity index is 4.15. The summed E-state index contributed by atoms with van der Waals surface area (Å²) in [5, 5.41) is 9.42. The summed E-state index contributed by atoms with van der Waals surface area (Å²) in [6, 6.07) is 0. The molecule has 6 nitrogen and oxygen atoms in total. The molecule has 0 heterocycles. The van der Waals surface area contributed by atoms with E-state index in [-0.39, 0.29) is 37.3 Å². The number of nitrogens with two attached hydrogens (primary N) is 1. The number of carbonyl (C=O) groups excluding carboxylic acids is 3. The van der Waals surface area contributed by atoms with E-state index in [0.29, 0.717) is 0 Å². The second kappa shape index (κ2) is 8.41. The molecular weight excluding hydrogens is 238 g/mol. The molecule has 3 N–H and O–H groups in total. The lowest BCUT2D eigenvalue weighted by atomic mass is 10.1. The van der Waals surface area contributed by atoms with Gasteiger partial charge in [0.1, 0.15) is 5.78 Å². The van der Waals surface area contributed by atoms with Crippen LogP contribution >= 0.6 is 0 Å². The van der Waals surface area contributed by atoms with E-state index < -0.39 is 17.9 Å². The van der Waals surface area contributed by atoms with Gasteiger partial charge in [-0.25, -0.2) is 4.79 Å². The van der Waals surface area contributed by atoms with Gasteiger partial charge in [-0.1, -0.05) is 0 Å². The highest BCUT2D eigenvalue weighted by atomic mass is 16.5. The quantitative estimate of drug-likeness (QED) is 0.362. The van der Waals surface area contributed by atoms with Crippen molar-refractivity contribution in [3.05, 3.63) is 11.8 Å². The van der Waals surface area contributed by atoms with Crippen LogP contribution in [0.4, 0.5) is 0 Å². The molecule has 102 valence electrons. The van der Waals surface area contributed by atoms with E-state index in [1.165, 1.54) is 6.92 Å². The fourth-order valence-electron chi connectivity index (χ4n) is 1.27. The Morgan fingerprint density at radius 1 is 1.39 bits per heavy atom. The van der Waals surface area contributed by atoms with Crippen LogP contribution in [-0.2, 0) is 19.1 Å². The van der Waals surface area contributed by atoms with Crippen molar-refractivity contribution in [1.82, 2.24) is 0 Å². The number of allylic oxidation sites excluding steroid dienone is 1. The van der Waals surface area contributed by atoms with Crippen LogP contribution in [0.25, 0.3) is 0 Å². The van der Waals surface area contributed by atoms with Crippen LogP contribution in [0.2, 0.25) is 0 Å². The zero-order chi connectivity index (χ0) is 14.1. The summed E-state index contributed by atoms with van der Waals surface area (Å²) in [6.45, 7) is 3.10. The number of esters is 1. The first-order chi connectivity index (χ1) is 8.36. The van der Waals surface area contributed by atoms with Gasteiger partial charge in [-0.2, -0.15) is 0 Å². The topological polar surface area (TPSA) is 107 Å². The summed E-state index contributed by atoms with van der Waals surface area (Å²) in [6.07, 6.45) is 0.752. The van der Waals surface area contributed by atoms with Gasteiger partial charge >= 0.3 is 5.97 Å². The lowest BCUT2D eigenvalue weighted by molar-refractivity contribution is -0.151. The number of hydrogen-bond acceptors (Lipinski definition) is 6. The van der Waals surface area contributed by atoms with Crippen LogP contribution < -0.4 is 5.73 Å². The first-order valence-corrected chi connectivity index (χ1v) is 5.71. The molecular formula is C12H19NO5. The standard InChI is InChI=1S/C12H19NO5/c1-3-18-12(17)11(16)7-9(13)4-5-10(15)6-8(2)14/h7,10,15H,3-6,13H2,1-2H3. The molecule has 1 unspecified atom stereocenters. The summed E-state index contributed by atoms with van der Waals surface area (Å²) in [5.74, 6) is -1.90. The van der Waals surface area contributed by atoms with Gasteiger partial charge in [0.25, 0.3) is 5.78 Å². The van der Waals surface area contributed by atoms with Crippen LogP contribution in [0, 0.1) is 0 Å². The van der Waals surface area contributed by atoms with Crippen molar-refractivity contribution in [1.29, 1.82) is 0 Å². The number of Topliss-reactive ketones (excluding diaryl/α,β-unsaturated/α-hetero) is 1. The van der Waals surface area contributed by atoms with E-state index in [1.807, 2.05) is 0 Å². The van der Waals surface area contributed by atoms with Gasteiger partial charge in [-0.05, 0) is 26.7 Å². The molecule has 0 spiro atoms. The highest BCUT2D eigenvalue weighted by molar-refractivity contribution is 6.38. The lowest BCUT2D eigenvalue weighted by Gasteiger charge is -2.08. The Morgan fingerprint density at radius 2 is 2.00 bits per heavy atom. The molecule has 0 aromatic rings. The molecule has 0 aliphatic heterocycles. The number of aliphatic hydroxyl groups is 1. The Labute approximate surface area is 106 Å². The predicted octanol–water partition coefficient (Wildman–Crippen LogP) is 0.0814. The van der Waals surface area contributed by atoms with Gasteiger partial charge in [0, 0.05) is 18.2 Å². The van der Waals surface area contributed by atoms with Crippen molar-refractivity contribution in [2.24, 2.45) is 5.73 Å². The Hall–Kier alpha value is -1.69. The molecule has 0 aliphatic carbocycles. The van der Waals surface area contributed by atoms with E-state index >= 15 is 0 Å². The minimum atomic E-state index is -0.954. The third-order valence-corrected chi connectivity index (χ3v) is 2.08. The third-order valence-electron chi connectivity index (χ3n) is 2.08. The number of hydrogen-bond donors (Lipinski definition) is 2. The van der Waals surface area contributed by atoms with Gasteiger partial charge in [0.05, 0.1) is 12.7 Å². The van der Waals surface area contributed by atoms with E-state index in [1.54, 1.807) is 6.92 Å². The van der Waals surface area contributed by atoms with Crippen LogP contribution in [0.3, 0.4) is 0 Å². The molecule has 0 fully saturated rings. The largest absolute Gasteiger partial charge is 0.460 e. The highest BCUT2D eigenvalue weighted by Gasteiger charge is 2.13. The van der Waals surface area contributed by atoms with Crippen LogP contribution in [0.5, 0.6) is 0 Å². The number of rotatable bonds is 8. The van der Waals surface area contributed by atoms with Gasteiger partial charge in [0.2, 0.25) is 0 Å². The van der Waals surface area contributed by atoms with Crippen molar-refractivity contribution in [2.45, 2.75) is 39.2 Å². The van der Waals surface area contributed by atoms with E-state index in [9.17, 15) is 19.5 Å². The van der Waals surface area contributed by atoms with Crippen molar-refractivity contribution in [3.63, 3.8) is 0 Å². The van der Waals surface area contributed by atoms with Gasteiger partial charge in [0.15, 0.2) is 0 Å². The SMILES string of the molecule is CCOC(=O)C(=O)C=C(N)CCC(O)CC(C)=O. The van der Waals surface area contributed by atoms with Crippen LogP contribution in [0.1, 0.15) is 33.1 Å². The maximum atomic E-state index is 11.2. The normalized spacial score (nSPS) is 12.9. The van der Waals surface area contributed by atoms with Gasteiger partial charge in [-0.3, -0.25) is 9.59 Å². The lowest BCUT2D eigenvalue weighted by Crippen LogP contribution is -2.17. The first-order valence-electron chi connectivity index (χ1n) is 5.71. The van der Waals surface area contributed by atoms with Crippen molar-refractivity contribution in [3.8, 4) is 0 Å². The molecule has 0 radical (unpaired) electrons. The summed E-state index contributed by atoms with van der Waals surface area (Å²) < 4.78 is 4.50.